The van der Waals surface area contributed by atoms with Crippen LogP contribution < -0.4 is 14.9 Å². The molecule has 0 spiro atoms. The zero-order valence-electron chi connectivity index (χ0n) is 15.8. The molecule has 0 aliphatic heterocycles. The average molecular weight is 348 g/mol. The molecule has 5 nitrogen and oxygen atoms in total. The van der Waals surface area contributed by atoms with Gasteiger partial charge in [0.2, 0.25) is 5.91 Å². The summed E-state index contributed by atoms with van der Waals surface area (Å²) in [7, 11) is 3.18. The molecule has 140 valence electrons. The Morgan fingerprint density at radius 3 is 2.28 bits per heavy atom. The van der Waals surface area contributed by atoms with E-state index in [-0.39, 0.29) is 5.91 Å². The second kappa shape index (κ2) is 13.3. The van der Waals surface area contributed by atoms with Crippen molar-refractivity contribution in [1.82, 2.24) is 5.43 Å². The number of nitrogens with zero attached hydrogens (tertiary/aromatic N) is 1. The van der Waals surface area contributed by atoms with Crippen molar-refractivity contribution < 1.29 is 14.3 Å². The quantitative estimate of drug-likeness (QED) is 0.320. The van der Waals surface area contributed by atoms with E-state index in [1.165, 1.54) is 38.5 Å². The van der Waals surface area contributed by atoms with Gasteiger partial charge in [0, 0.05) is 6.42 Å². The van der Waals surface area contributed by atoms with E-state index in [1.807, 2.05) is 18.2 Å². The van der Waals surface area contributed by atoms with Gasteiger partial charge in [-0.2, -0.15) is 5.10 Å². The predicted molar refractivity (Wildman–Crippen MR) is 103 cm³/mol. The minimum atomic E-state index is -0.0392. The molecule has 0 bridgehead atoms. The van der Waals surface area contributed by atoms with Gasteiger partial charge in [0.25, 0.3) is 0 Å². The molecule has 0 radical (unpaired) electrons. The molecule has 1 rings (SSSR count). The van der Waals surface area contributed by atoms with Crippen LogP contribution in [0, 0.1) is 0 Å². The molecule has 0 aliphatic carbocycles. The summed E-state index contributed by atoms with van der Waals surface area (Å²) in [5, 5.41) is 4.00. The molecule has 0 heterocycles. The van der Waals surface area contributed by atoms with Gasteiger partial charge in [0.15, 0.2) is 11.5 Å². The smallest absolute Gasteiger partial charge is 0.240 e. The van der Waals surface area contributed by atoms with Crippen molar-refractivity contribution in [2.24, 2.45) is 5.10 Å². The standard InChI is InChI=1S/C20H32N2O3/c1-4-5-6-7-8-9-10-11-12-20(23)22-21-16-17-13-14-18(24-2)19(15-17)25-3/h13-16H,4-12H2,1-3H3,(H,22,23)/b21-16+. The molecular formula is C20H32N2O3. The lowest BCUT2D eigenvalue weighted by atomic mass is 10.1. The molecule has 0 saturated carbocycles. The van der Waals surface area contributed by atoms with Crippen molar-refractivity contribution in [3.05, 3.63) is 23.8 Å². The number of nitrogens with one attached hydrogen (secondary N) is 1. The molecule has 0 aliphatic rings. The third-order valence-electron chi connectivity index (χ3n) is 4.07. The Bertz CT molecular complexity index is 530. The van der Waals surface area contributed by atoms with E-state index < -0.39 is 0 Å². The lowest BCUT2D eigenvalue weighted by Gasteiger charge is -2.07. The number of hydrogen-bond donors (Lipinski definition) is 1. The van der Waals surface area contributed by atoms with E-state index in [1.54, 1.807) is 20.4 Å². The number of rotatable bonds is 13. The van der Waals surface area contributed by atoms with E-state index in [4.69, 9.17) is 9.47 Å². The van der Waals surface area contributed by atoms with Crippen LogP contribution in [0.15, 0.2) is 23.3 Å². The van der Waals surface area contributed by atoms with Crippen molar-refractivity contribution in [2.45, 2.75) is 64.7 Å². The highest BCUT2D eigenvalue weighted by molar-refractivity contribution is 5.83. The summed E-state index contributed by atoms with van der Waals surface area (Å²) in [5.41, 5.74) is 3.41. The number of benzene rings is 1. The fourth-order valence-electron chi connectivity index (χ4n) is 2.59. The lowest BCUT2D eigenvalue weighted by Crippen LogP contribution is -2.16. The molecule has 0 aromatic heterocycles. The summed E-state index contributed by atoms with van der Waals surface area (Å²) >= 11 is 0. The molecule has 5 heteroatoms. The van der Waals surface area contributed by atoms with Crippen LogP contribution in [-0.4, -0.2) is 26.3 Å². The highest BCUT2D eigenvalue weighted by atomic mass is 16.5. The summed E-state index contributed by atoms with van der Waals surface area (Å²) in [6.07, 6.45) is 11.9. The second-order valence-electron chi connectivity index (χ2n) is 6.13. The van der Waals surface area contributed by atoms with Crippen LogP contribution in [0.4, 0.5) is 0 Å². The van der Waals surface area contributed by atoms with Crippen LogP contribution in [0.3, 0.4) is 0 Å². The van der Waals surface area contributed by atoms with Gasteiger partial charge in [0.05, 0.1) is 20.4 Å². The molecule has 25 heavy (non-hydrogen) atoms. The Kier molecular flexibility index (Phi) is 11.2. The van der Waals surface area contributed by atoms with Gasteiger partial charge >= 0.3 is 0 Å². The molecule has 0 unspecified atom stereocenters. The topological polar surface area (TPSA) is 59.9 Å². The van der Waals surface area contributed by atoms with Crippen molar-refractivity contribution in [3.8, 4) is 11.5 Å². The first-order valence-electron chi connectivity index (χ1n) is 9.25. The lowest BCUT2D eigenvalue weighted by molar-refractivity contribution is -0.121. The number of unbranched alkanes of at least 4 members (excludes halogenated alkanes) is 7. The SMILES string of the molecule is CCCCCCCCCCC(=O)N/N=C/c1ccc(OC)c(OC)c1. The Morgan fingerprint density at radius 2 is 1.64 bits per heavy atom. The number of amides is 1. The Morgan fingerprint density at radius 1 is 1.00 bits per heavy atom. The molecule has 1 aromatic carbocycles. The Labute approximate surface area is 151 Å². The molecular weight excluding hydrogens is 316 g/mol. The first-order valence-corrected chi connectivity index (χ1v) is 9.25. The van der Waals surface area contributed by atoms with Gasteiger partial charge in [-0.3, -0.25) is 4.79 Å². The van der Waals surface area contributed by atoms with Crippen molar-refractivity contribution in [3.63, 3.8) is 0 Å². The Balaban J connectivity index is 2.20. The summed E-state index contributed by atoms with van der Waals surface area (Å²) in [5.74, 6) is 1.26. The number of carbonyl (C=O) groups excluding carboxylic acids is 1. The molecule has 0 saturated heterocycles. The monoisotopic (exact) mass is 348 g/mol. The van der Waals surface area contributed by atoms with Crippen LogP contribution in [0.25, 0.3) is 0 Å². The fraction of sp³-hybridized carbons (Fsp3) is 0.600. The van der Waals surface area contributed by atoms with Gasteiger partial charge in [-0.15, -0.1) is 0 Å². The predicted octanol–water partition coefficient (Wildman–Crippen LogP) is 4.68. The maximum Gasteiger partial charge on any atom is 0.240 e. The third kappa shape index (κ3) is 9.13. The van der Waals surface area contributed by atoms with Gasteiger partial charge in [0.1, 0.15) is 0 Å². The molecule has 1 amide bonds. The molecule has 0 fully saturated rings. The molecule has 1 N–H and O–H groups in total. The minimum Gasteiger partial charge on any atom is -0.493 e. The largest absolute Gasteiger partial charge is 0.493 e. The van der Waals surface area contributed by atoms with Crippen LogP contribution in [-0.2, 0) is 4.79 Å². The van der Waals surface area contributed by atoms with Crippen molar-refractivity contribution in [1.29, 1.82) is 0 Å². The maximum atomic E-state index is 11.8. The van der Waals surface area contributed by atoms with Crippen LogP contribution in [0.2, 0.25) is 0 Å². The first-order chi connectivity index (χ1) is 12.2. The van der Waals surface area contributed by atoms with Crippen LogP contribution >= 0.6 is 0 Å². The van der Waals surface area contributed by atoms with Crippen molar-refractivity contribution >= 4 is 12.1 Å². The normalized spacial score (nSPS) is 10.8. The van der Waals surface area contributed by atoms with E-state index in [0.29, 0.717) is 17.9 Å². The number of ether oxygens (including phenoxy) is 2. The fourth-order valence-corrected chi connectivity index (χ4v) is 2.59. The maximum absolute atomic E-state index is 11.8. The third-order valence-corrected chi connectivity index (χ3v) is 4.07. The number of carbonyl (C=O) groups is 1. The zero-order valence-corrected chi connectivity index (χ0v) is 15.8. The summed E-state index contributed by atoms with van der Waals surface area (Å²) in [6, 6.07) is 5.48. The zero-order chi connectivity index (χ0) is 18.3. The number of methoxy groups -OCH3 is 2. The van der Waals surface area contributed by atoms with E-state index in [2.05, 4.69) is 17.5 Å². The number of hydrogen-bond acceptors (Lipinski definition) is 4. The first kappa shape index (κ1) is 21.0. The van der Waals surface area contributed by atoms with Gasteiger partial charge in [-0.05, 0) is 30.2 Å². The highest BCUT2D eigenvalue weighted by Crippen LogP contribution is 2.26. The second-order valence-corrected chi connectivity index (χ2v) is 6.13. The molecule has 0 atom stereocenters. The molecule has 1 aromatic rings. The summed E-state index contributed by atoms with van der Waals surface area (Å²) in [6.45, 7) is 2.23. The van der Waals surface area contributed by atoms with Gasteiger partial charge in [-0.1, -0.05) is 51.9 Å². The average Bonchev–Trinajstić information content (AvgIpc) is 2.63. The minimum absolute atomic E-state index is 0.0392. The van der Waals surface area contributed by atoms with Crippen LogP contribution in [0.1, 0.15) is 70.3 Å². The van der Waals surface area contributed by atoms with E-state index in [0.717, 1.165) is 18.4 Å². The summed E-state index contributed by atoms with van der Waals surface area (Å²) < 4.78 is 10.4. The summed E-state index contributed by atoms with van der Waals surface area (Å²) in [4.78, 5) is 11.8. The van der Waals surface area contributed by atoms with Crippen LogP contribution in [0.5, 0.6) is 11.5 Å². The highest BCUT2D eigenvalue weighted by Gasteiger charge is 2.03. The van der Waals surface area contributed by atoms with Gasteiger partial charge in [-0.25, -0.2) is 5.43 Å². The number of hydrazone groups is 1. The van der Waals surface area contributed by atoms with E-state index in [9.17, 15) is 4.79 Å². The Hall–Kier alpha value is -2.04. The van der Waals surface area contributed by atoms with E-state index >= 15 is 0 Å². The van der Waals surface area contributed by atoms with Gasteiger partial charge < -0.3 is 9.47 Å². The van der Waals surface area contributed by atoms with Crippen molar-refractivity contribution in [2.75, 3.05) is 14.2 Å².